The fraction of sp³-hybridized carbons (Fsp3) is 0.429. The molecule has 0 aliphatic heterocycles. The van der Waals surface area contributed by atoms with Gasteiger partial charge in [-0.25, -0.2) is 0 Å². The Bertz CT molecular complexity index is 390. The lowest BCUT2D eigenvalue weighted by atomic mass is 9.99. The van der Waals surface area contributed by atoms with Gasteiger partial charge in [-0.1, -0.05) is 38.1 Å². The van der Waals surface area contributed by atoms with E-state index in [4.69, 9.17) is 0 Å². The summed E-state index contributed by atoms with van der Waals surface area (Å²) in [5, 5.41) is 0. The van der Waals surface area contributed by atoms with Gasteiger partial charge < -0.3 is 4.74 Å². The van der Waals surface area contributed by atoms with E-state index in [0.717, 1.165) is 0 Å². The number of esters is 1. The van der Waals surface area contributed by atoms with E-state index >= 15 is 0 Å². The summed E-state index contributed by atoms with van der Waals surface area (Å²) in [6.07, 6.45) is 0.342. The van der Waals surface area contributed by atoms with Crippen molar-refractivity contribution in [3.05, 3.63) is 35.4 Å². The summed E-state index contributed by atoms with van der Waals surface area (Å²) in [5.41, 5.74) is 1.85. The summed E-state index contributed by atoms with van der Waals surface area (Å²) < 4.78 is 4.50. The number of carbonyl (C=O) groups excluding carboxylic acids is 2. The predicted octanol–water partition coefficient (Wildman–Crippen LogP) is 2.95. The number of benzene rings is 1. The number of ketones is 1. The van der Waals surface area contributed by atoms with Crippen molar-refractivity contribution in [3.63, 3.8) is 0 Å². The quantitative estimate of drug-likeness (QED) is 0.581. The summed E-state index contributed by atoms with van der Waals surface area (Å²) >= 11 is 0. The molecule has 0 saturated heterocycles. The molecular weight excluding hydrogens is 216 g/mol. The maximum atomic E-state index is 11.7. The Morgan fingerprint density at radius 3 is 2.18 bits per heavy atom. The van der Waals surface area contributed by atoms with Crippen LogP contribution in [0, 0.1) is 0 Å². The van der Waals surface area contributed by atoms with Gasteiger partial charge in [0.1, 0.15) is 0 Å². The minimum Gasteiger partial charge on any atom is -0.469 e. The molecule has 3 heteroatoms. The fourth-order valence-electron chi connectivity index (χ4n) is 1.52. The number of carbonyl (C=O) groups is 2. The van der Waals surface area contributed by atoms with Crippen LogP contribution in [0.25, 0.3) is 0 Å². The Labute approximate surface area is 102 Å². The molecule has 0 bridgehead atoms. The Balaban J connectivity index is 2.61. The van der Waals surface area contributed by atoms with Crippen molar-refractivity contribution in [2.75, 3.05) is 7.11 Å². The molecule has 92 valence electrons. The van der Waals surface area contributed by atoms with E-state index in [1.807, 2.05) is 24.3 Å². The molecule has 1 aromatic carbocycles. The molecular formula is C14H18O3. The van der Waals surface area contributed by atoms with Crippen LogP contribution in [0.15, 0.2) is 24.3 Å². The van der Waals surface area contributed by atoms with Crippen molar-refractivity contribution in [3.8, 4) is 0 Å². The molecule has 0 aromatic heterocycles. The summed E-state index contributed by atoms with van der Waals surface area (Å²) in [7, 11) is 1.32. The highest BCUT2D eigenvalue weighted by Gasteiger charge is 2.09. The maximum absolute atomic E-state index is 11.7. The number of rotatable bonds is 5. The summed E-state index contributed by atoms with van der Waals surface area (Å²) in [6.45, 7) is 4.21. The molecule has 0 aliphatic rings. The molecule has 17 heavy (non-hydrogen) atoms. The molecule has 0 unspecified atom stereocenters. The van der Waals surface area contributed by atoms with Gasteiger partial charge >= 0.3 is 5.97 Å². The Morgan fingerprint density at radius 2 is 1.71 bits per heavy atom. The lowest BCUT2D eigenvalue weighted by Gasteiger charge is -2.06. The van der Waals surface area contributed by atoms with Crippen LogP contribution < -0.4 is 0 Å². The van der Waals surface area contributed by atoms with Crippen molar-refractivity contribution >= 4 is 11.8 Å². The summed E-state index contributed by atoms with van der Waals surface area (Å²) in [5.74, 6) is 0.0806. The third kappa shape index (κ3) is 4.02. The van der Waals surface area contributed by atoms with E-state index in [1.54, 1.807) is 0 Å². The predicted molar refractivity (Wildman–Crippen MR) is 66.1 cm³/mol. The second-order valence-electron chi connectivity index (χ2n) is 4.28. The molecule has 0 amide bonds. The first-order chi connectivity index (χ1) is 8.04. The second kappa shape index (κ2) is 6.18. The first-order valence-corrected chi connectivity index (χ1v) is 5.74. The van der Waals surface area contributed by atoms with Crippen LogP contribution in [0.3, 0.4) is 0 Å². The molecule has 0 fully saturated rings. The molecule has 0 aliphatic carbocycles. The smallest absolute Gasteiger partial charge is 0.305 e. The number of ether oxygens (including phenoxy) is 1. The third-order valence-corrected chi connectivity index (χ3v) is 2.68. The van der Waals surface area contributed by atoms with Crippen LogP contribution in [-0.2, 0) is 9.53 Å². The number of hydrogen-bond acceptors (Lipinski definition) is 3. The first-order valence-electron chi connectivity index (χ1n) is 5.74. The largest absolute Gasteiger partial charge is 0.469 e. The van der Waals surface area contributed by atoms with Crippen LogP contribution in [-0.4, -0.2) is 18.9 Å². The molecule has 0 radical (unpaired) electrons. The van der Waals surface area contributed by atoms with E-state index < -0.39 is 0 Å². The van der Waals surface area contributed by atoms with Gasteiger partial charge in [-0.05, 0) is 11.5 Å². The molecule has 0 atom stereocenters. The topological polar surface area (TPSA) is 43.4 Å². The Kier molecular flexibility index (Phi) is 4.88. The maximum Gasteiger partial charge on any atom is 0.305 e. The van der Waals surface area contributed by atoms with Crippen molar-refractivity contribution in [2.45, 2.75) is 32.6 Å². The van der Waals surface area contributed by atoms with Crippen molar-refractivity contribution in [1.82, 2.24) is 0 Å². The molecule has 1 aromatic rings. The van der Waals surface area contributed by atoms with Gasteiger partial charge in [0.15, 0.2) is 5.78 Å². The minimum atomic E-state index is -0.350. The average Bonchev–Trinajstić information content (AvgIpc) is 2.35. The summed E-state index contributed by atoms with van der Waals surface area (Å²) in [4.78, 5) is 22.7. The second-order valence-corrected chi connectivity index (χ2v) is 4.28. The van der Waals surface area contributed by atoms with Gasteiger partial charge in [-0.15, -0.1) is 0 Å². The van der Waals surface area contributed by atoms with E-state index in [-0.39, 0.29) is 24.6 Å². The highest BCUT2D eigenvalue weighted by molar-refractivity contribution is 5.97. The van der Waals surface area contributed by atoms with Crippen LogP contribution >= 0.6 is 0 Å². The average molecular weight is 234 g/mol. The SMILES string of the molecule is COC(=O)CCC(=O)c1ccc(C(C)C)cc1. The van der Waals surface area contributed by atoms with Crippen molar-refractivity contribution in [2.24, 2.45) is 0 Å². The van der Waals surface area contributed by atoms with E-state index in [0.29, 0.717) is 11.5 Å². The molecule has 0 spiro atoms. The third-order valence-electron chi connectivity index (χ3n) is 2.68. The highest BCUT2D eigenvalue weighted by atomic mass is 16.5. The highest BCUT2D eigenvalue weighted by Crippen LogP contribution is 2.15. The monoisotopic (exact) mass is 234 g/mol. The number of hydrogen-bond donors (Lipinski definition) is 0. The number of Topliss-reactive ketones (excluding diaryl/α,β-unsaturated/α-hetero) is 1. The van der Waals surface area contributed by atoms with Crippen molar-refractivity contribution in [1.29, 1.82) is 0 Å². The number of methoxy groups -OCH3 is 1. The Hall–Kier alpha value is -1.64. The molecule has 3 nitrogen and oxygen atoms in total. The van der Waals surface area contributed by atoms with Gasteiger partial charge in [0.2, 0.25) is 0 Å². The van der Waals surface area contributed by atoms with Gasteiger partial charge in [0, 0.05) is 12.0 Å². The Morgan fingerprint density at radius 1 is 1.12 bits per heavy atom. The van der Waals surface area contributed by atoms with Gasteiger partial charge in [-0.2, -0.15) is 0 Å². The zero-order chi connectivity index (χ0) is 12.8. The van der Waals surface area contributed by atoms with E-state index in [1.165, 1.54) is 12.7 Å². The van der Waals surface area contributed by atoms with Crippen LogP contribution in [0.1, 0.15) is 48.5 Å². The zero-order valence-corrected chi connectivity index (χ0v) is 10.5. The van der Waals surface area contributed by atoms with Crippen LogP contribution in [0.5, 0.6) is 0 Å². The van der Waals surface area contributed by atoms with Gasteiger partial charge in [-0.3, -0.25) is 9.59 Å². The molecule has 1 rings (SSSR count). The standard InChI is InChI=1S/C14H18O3/c1-10(2)11-4-6-12(7-5-11)13(15)8-9-14(16)17-3/h4-7,10H,8-9H2,1-3H3. The lowest BCUT2D eigenvalue weighted by molar-refractivity contribution is -0.140. The van der Waals surface area contributed by atoms with Crippen LogP contribution in [0.2, 0.25) is 0 Å². The first kappa shape index (κ1) is 13.4. The van der Waals surface area contributed by atoms with Crippen molar-refractivity contribution < 1.29 is 14.3 Å². The van der Waals surface area contributed by atoms with E-state index in [2.05, 4.69) is 18.6 Å². The molecule has 0 N–H and O–H groups in total. The van der Waals surface area contributed by atoms with E-state index in [9.17, 15) is 9.59 Å². The fourth-order valence-corrected chi connectivity index (χ4v) is 1.52. The molecule has 0 heterocycles. The molecule has 0 saturated carbocycles. The summed E-state index contributed by atoms with van der Waals surface area (Å²) in [6, 6.07) is 7.54. The zero-order valence-electron chi connectivity index (χ0n) is 10.5. The lowest BCUT2D eigenvalue weighted by Crippen LogP contribution is -2.06. The van der Waals surface area contributed by atoms with Crippen LogP contribution in [0.4, 0.5) is 0 Å². The minimum absolute atomic E-state index is 0.0225. The van der Waals surface area contributed by atoms with Gasteiger partial charge in [0.05, 0.1) is 13.5 Å². The van der Waals surface area contributed by atoms with Gasteiger partial charge in [0.25, 0.3) is 0 Å². The normalized spacial score (nSPS) is 10.4.